The molecule has 2 rings (SSSR count). The molecule has 0 aliphatic carbocycles. The number of ether oxygens (including phenoxy) is 2. The summed E-state index contributed by atoms with van der Waals surface area (Å²) in [6.07, 6.45) is 2.43. The lowest BCUT2D eigenvalue weighted by molar-refractivity contribution is 0.171. The zero-order chi connectivity index (χ0) is 12.1. The quantitative estimate of drug-likeness (QED) is 0.851. The lowest BCUT2D eigenvalue weighted by Gasteiger charge is -2.19. The van der Waals surface area contributed by atoms with Crippen molar-refractivity contribution in [1.82, 2.24) is 5.32 Å². The summed E-state index contributed by atoms with van der Waals surface area (Å²) in [5, 5.41) is 3.51. The topological polar surface area (TPSA) is 30.5 Å². The van der Waals surface area contributed by atoms with Gasteiger partial charge in [0.2, 0.25) is 0 Å². The number of nitrogens with one attached hydrogen (secondary N) is 1. The smallest absolute Gasteiger partial charge is 0.161 e. The molecule has 0 bridgehead atoms. The third kappa shape index (κ3) is 3.37. The fourth-order valence-electron chi connectivity index (χ4n) is 2.02. The number of fused-ring (bicyclic) bond motifs is 1. The zero-order valence-corrected chi connectivity index (χ0v) is 10.7. The number of hydrogen-bond donors (Lipinski definition) is 1. The van der Waals surface area contributed by atoms with E-state index in [1.54, 1.807) is 0 Å². The molecule has 0 amide bonds. The molecular formula is C14H21NO2. The predicted molar refractivity (Wildman–Crippen MR) is 68.6 cm³/mol. The molecule has 1 aromatic rings. The van der Waals surface area contributed by atoms with Crippen LogP contribution < -0.4 is 14.8 Å². The Balaban J connectivity index is 1.93. The standard InChI is InChI=1S/C14H21NO2/c1-3-4-11(2)15-10-12-5-6-13-14(9-12)17-8-7-16-13/h5-6,9,11,15H,3-4,7-8,10H2,1-2H3. The summed E-state index contributed by atoms with van der Waals surface area (Å²) >= 11 is 0. The largest absolute Gasteiger partial charge is 0.486 e. The van der Waals surface area contributed by atoms with E-state index in [9.17, 15) is 0 Å². The second-order valence-electron chi connectivity index (χ2n) is 4.55. The van der Waals surface area contributed by atoms with Crippen molar-refractivity contribution in [3.8, 4) is 11.5 Å². The van der Waals surface area contributed by atoms with Gasteiger partial charge in [-0.1, -0.05) is 19.4 Å². The van der Waals surface area contributed by atoms with E-state index >= 15 is 0 Å². The fourth-order valence-corrected chi connectivity index (χ4v) is 2.02. The minimum atomic E-state index is 0.563. The van der Waals surface area contributed by atoms with Gasteiger partial charge in [-0.15, -0.1) is 0 Å². The van der Waals surface area contributed by atoms with Gasteiger partial charge in [0.25, 0.3) is 0 Å². The van der Waals surface area contributed by atoms with Gasteiger partial charge in [-0.25, -0.2) is 0 Å². The molecular weight excluding hydrogens is 214 g/mol. The maximum absolute atomic E-state index is 5.57. The zero-order valence-electron chi connectivity index (χ0n) is 10.7. The Morgan fingerprint density at radius 2 is 2.00 bits per heavy atom. The Labute approximate surface area is 103 Å². The van der Waals surface area contributed by atoms with Crippen molar-refractivity contribution in [1.29, 1.82) is 0 Å². The van der Waals surface area contributed by atoms with Crippen LogP contribution in [-0.4, -0.2) is 19.3 Å². The van der Waals surface area contributed by atoms with Crippen molar-refractivity contribution in [3.05, 3.63) is 23.8 Å². The van der Waals surface area contributed by atoms with Crippen LogP contribution in [0.25, 0.3) is 0 Å². The Morgan fingerprint density at radius 3 is 2.76 bits per heavy atom. The fraction of sp³-hybridized carbons (Fsp3) is 0.571. The van der Waals surface area contributed by atoms with Crippen LogP contribution >= 0.6 is 0 Å². The molecule has 0 fully saturated rings. The van der Waals surface area contributed by atoms with Crippen molar-refractivity contribution < 1.29 is 9.47 Å². The van der Waals surface area contributed by atoms with Gasteiger partial charge in [-0.2, -0.15) is 0 Å². The van der Waals surface area contributed by atoms with Gasteiger partial charge in [0.1, 0.15) is 13.2 Å². The molecule has 1 aliphatic heterocycles. The average molecular weight is 235 g/mol. The third-order valence-corrected chi connectivity index (χ3v) is 2.98. The van der Waals surface area contributed by atoms with Gasteiger partial charge in [0, 0.05) is 12.6 Å². The molecule has 0 radical (unpaired) electrons. The normalized spacial score (nSPS) is 15.6. The minimum Gasteiger partial charge on any atom is -0.486 e. The van der Waals surface area contributed by atoms with E-state index in [4.69, 9.17) is 9.47 Å². The van der Waals surface area contributed by atoms with Crippen molar-refractivity contribution in [2.45, 2.75) is 39.3 Å². The molecule has 1 aromatic carbocycles. The van der Waals surface area contributed by atoms with Gasteiger partial charge >= 0.3 is 0 Å². The molecule has 0 spiro atoms. The van der Waals surface area contributed by atoms with E-state index in [1.807, 2.05) is 6.07 Å². The van der Waals surface area contributed by atoms with Crippen molar-refractivity contribution in [3.63, 3.8) is 0 Å². The van der Waals surface area contributed by atoms with E-state index in [1.165, 1.54) is 18.4 Å². The van der Waals surface area contributed by atoms with E-state index in [0.29, 0.717) is 19.3 Å². The summed E-state index contributed by atoms with van der Waals surface area (Å²) in [5.41, 5.74) is 1.25. The summed E-state index contributed by atoms with van der Waals surface area (Å²) in [4.78, 5) is 0. The highest BCUT2D eigenvalue weighted by Crippen LogP contribution is 2.30. The van der Waals surface area contributed by atoms with Crippen LogP contribution in [0.3, 0.4) is 0 Å². The average Bonchev–Trinajstić information content (AvgIpc) is 2.36. The second kappa shape index (κ2) is 5.92. The van der Waals surface area contributed by atoms with Crippen LogP contribution in [0, 0.1) is 0 Å². The highest BCUT2D eigenvalue weighted by Gasteiger charge is 2.11. The van der Waals surface area contributed by atoms with Crippen LogP contribution in [-0.2, 0) is 6.54 Å². The van der Waals surface area contributed by atoms with Crippen molar-refractivity contribution in [2.24, 2.45) is 0 Å². The summed E-state index contributed by atoms with van der Waals surface area (Å²) < 4.78 is 11.1. The Kier molecular flexibility index (Phi) is 4.26. The number of hydrogen-bond acceptors (Lipinski definition) is 3. The van der Waals surface area contributed by atoms with Crippen LogP contribution in [0.15, 0.2) is 18.2 Å². The third-order valence-electron chi connectivity index (χ3n) is 2.98. The molecule has 94 valence electrons. The Bertz CT molecular complexity index is 365. The first kappa shape index (κ1) is 12.2. The lowest BCUT2D eigenvalue weighted by atomic mass is 10.1. The molecule has 1 N–H and O–H groups in total. The molecule has 0 aromatic heterocycles. The Morgan fingerprint density at radius 1 is 1.24 bits per heavy atom. The van der Waals surface area contributed by atoms with Gasteiger partial charge in [-0.3, -0.25) is 0 Å². The van der Waals surface area contributed by atoms with E-state index < -0.39 is 0 Å². The van der Waals surface area contributed by atoms with Gasteiger partial charge in [-0.05, 0) is 31.0 Å². The summed E-state index contributed by atoms with van der Waals surface area (Å²) in [6.45, 7) is 6.62. The molecule has 3 heteroatoms. The predicted octanol–water partition coefficient (Wildman–Crippen LogP) is 2.74. The molecule has 1 atom stereocenters. The first-order chi connectivity index (χ1) is 8.29. The first-order valence-corrected chi connectivity index (χ1v) is 6.41. The highest BCUT2D eigenvalue weighted by molar-refractivity contribution is 5.43. The molecule has 0 saturated heterocycles. The van der Waals surface area contributed by atoms with Crippen LogP contribution in [0.2, 0.25) is 0 Å². The molecule has 1 heterocycles. The SMILES string of the molecule is CCCC(C)NCc1ccc2c(c1)OCCO2. The van der Waals surface area contributed by atoms with Gasteiger partial charge in [0.15, 0.2) is 11.5 Å². The second-order valence-corrected chi connectivity index (χ2v) is 4.55. The summed E-state index contributed by atoms with van der Waals surface area (Å²) in [5.74, 6) is 1.74. The molecule has 1 unspecified atom stereocenters. The minimum absolute atomic E-state index is 0.563. The van der Waals surface area contributed by atoms with Gasteiger partial charge < -0.3 is 14.8 Å². The van der Waals surface area contributed by atoms with Crippen molar-refractivity contribution in [2.75, 3.05) is 13.2 Å². The molecule has 17 heavy (non-hydrogen) atoms. The molecule has 1 aliphatic rings. The highest BCUT2D eigenvalue weighted by atomic mass is 16.6. The molecule has 3 nitrogen and oxygen atoms in total. The number of benzene rings is 1. The van der Waals surface area contributed by atoms with E-state index in [2.05, 4.69) is 31.3 Å². The Hall–Kier alpha value is -1.22. The van der Waals surface area contributed by atoms with Crippen LogP contribution in [0.1, 0.15) is 32.3 Å². The summed E-state index contributed by atoms with van der Waals surface area (Å²) in [6, 6.07) is 6.73. The van der Waals surface area contributed by atoms with Crippen molar-refractivity contribution >= 4 is 0 Å². The molecule has 0 saturated carbocycles. The van der Waals surface area contributed by atoms with Crippen LogP contribution in [0.5, 0.6) is 11.5 Å². The van der Waals surface area contributed by atoms with Crippen LogP contribution in [0.4, 0.5) is 0 Å². The summed E-state index contributed by atoms with van der Waals surface area (Å²) in [7, 11) is 0. The maximum atomic E-state index is 5.57. The number of rotatable bonds is 5. The van der Waals surface area contributed by atoms with E-state index in [0.717, 1.165) is 18.0 Å². The first-order valence-electron chi connectivity index (χ1n) is 6.41. The monoisotopic (exact) mass is 235 g/mol. The lowest BCUT2D eigenvalue weighted by Crippen LogP contribution is -2.25. The van der Waals surface area contributed by atoms with E-state index in [-0.39, 0.29) is 0 Å². The van der Waals surface area contributed by atoms with Gasteiger partial charge in [0.05, 0.1) is 0 Å². The maximum Gasteiger partial charge on any atom is 0.161 e.